The molecule has 30 heavy (non-hydrogen) atoms. The van der Waals surface area contributed by atoms with Gasteiger partial charge >= 0.3 is 0 Å². The third-order valence-corrected chi connectivity index (χ3v) is 7.69. The van der Waals surface area contributed by atoms with Crippen LogP contribution in [-0.4, -0.2) is 44.4 Å². The first-order valence-electron chi connectivity index (χ1n) is 9.57. The molecule has 0 atom stereocenters. The molecule has 0 bridgehead atoms. The summed E-state index contributed by atoms with van der Waals surface area (Å²) < 4.78 is 27.8. The lowest BCUT2D eigenvalue weighted by atomic mass is 10.0. The summed E-state index contributed by atoms with van der Waals surface area (Å²) in [5.74, 6) is -0.360. The summed E-state index contributed by atoms with van der Waals surface area (Å²) in [5.41, 5.74) is 0.530. The van der Waals surface area contributed by atoms with Crippen LogP contribution < -0.4 is 14.9 Å². The first-order valence-corrected chi connectivity index (χ1v) is 11.9. The lowest BCUT2D eigenvalue weighted by Crippen LogP contribution is -2.44. The van der Waals surface area contributed by atoms with E-state index in [1.54, 1.807) is 29.6 Å². The first kappa shape index (κ1) is 22.2. The van der Waals surface area contributed by atoms with E-state index >= 15 is 0 Å². The fraction of sp³-hybridized carbons (Fsp3) is 0.421. The average Bonchev–Trinajstić information content (AvgIpc) is 3.23. The van der Waals surface area contributed by atoms with E-state index in [-0.39, 0.29) is 33.5 Å². The Morgan fingerprint density at radius 1 is 1.27 bits per heavy atom. The zero-order chi connectivity index (χ0) is 21.9. The highest BCUT2D eigenvalue weighted by molar-refractivity contribution is 7.91. The Balaban J connectivity index is 1.70. The van der Waals surface area contributed by atoms with Gasteiger partial charge < -0.3 is 10.2 Å². The summed E-state index contributed by atoms with van der Waals surface area (Å²) in [4.78, 5) is 25.1. The van der Waals surface area contributed by atoms with Crippen molar-refractivity contribution in [2.75, 3.05) is 18.0 Å². The second-order valence-corrected chi connectivity index (χ2v) is 10.3. The van der Waals surface area contributed by atoms with Gasteiger partial charge in [0.1, 0.15) is 9.90 Å². The number of piperidine rings is 1. The van der Waals surface area contributed by atoms with E-state index in [1.807, 2.05) is 18.7 Å². The predicted octanol–water partition coefficient (Wildman–Crippen LogP) is 2.74. The fourth-order valence-electron chi connectivity index (χ4n) is 3.36. The molecule has 1 amide bonds. The third-order valence-electron chi connectivity index (χ3n) is 4.77. The number of amides is 1. The Morgan fingerprint density at radius 2 is 1.97 bits per heavy atom. The van der Waals surface area contributed by atoms with E-state index in [0.717, 1.165) is 11.3 Å². The van der Waals surface area contributed by atoms with E-state index in [2.05, 4.69) is 10.0 Å². The molecule has 0 aliphatic carbocycles. The normalized spacial score (nSPS) is 15.4. The van der Waals surface area contributed by atoms with E-state index in [9.17, 15) is 23.3 Å². The SMILES string of the molecule is CC(C)NC(=O)c1ccc(N2CCC(NS(=O)(=O)c3cccs3)CC2)c([N+](=O)[O-])c1. The average molecular weight is 453 g/mol. The fourth-order valence-corrected chi connectivity index (χ4v) is 5.67. The summed E-state index contributed by atoms with van der Waals surface area (Å²) in [7, 11) is -3.55. The first-order chi connectivity index (χ1) is 14.2. The van der Waals surface area contributed by atoms with Crippen LogP contribution in [0.4, 0.5) is 11.4 Å². The number of benzene rings is 1. The Hall–Kier alpha value is -2.50. The molecule has 9 nitrogen and oxygen atoms in total. The molecule has 0 spiro atoms. The molecule has 1 fully saturated rings. The van der Waals surface area contributed by atoms with E-state index in [1.165, 1.54) is 6.07 Å². The Kier molecular flexibility index (Phi) is 6.74. The van der Waals surface area contributed by atoms with E-state index < -0.39 is 14.9 Å². The molecular weight excluding hydrogens is 428 g/mol. The molecule has 0 unspecified atom stereocenters. The van der Waals surface area contributed by atoms with Crippen molar-refractivity contribution in [3.05, 3.63) is 51.4 Å². The number of anilines is 1. The van der Waals surface area contributed by atoms with Crippen molar-refractivity contribution in [2.45, 2.75) is 43.0 Å². The van der Waals surface area contributed by atoms with Crippen LogP contribution >= 0.6 is 11.3 Å². The van der Waals surface area contributed by atoms with Crippen LogP contribution in [0.5, 0.6) is 0 Å². The summed E-state index contributed by atoms with van der Waals surface area (Å²) in [6.45, 7) is 4.57. The van der Waals surface area contributed by atoms with Crippen molar-refractivity contribution in [2.24, 2.45) is 0 Å². The summed E-state index contributed by atoms with van der Waals surface area (Å²) in [6, 6.07) is 7.39. The van der Waals surface area contributed by atoms with Crippen LogP contribution in [0.3, 0.4) is 0 Å². The number of nitrogens with zero attached hydrogens (tertiary/aromatic N) is 2. The van der Waals surface area contributed by atoms with Gasteiger partial charge in [0.2, 0.25) is 10.0 Å². The molecule has 162 valence electrons. The van der Waals surface area contributed by atoms with E-state index in [4.69, 9.17) is 0 Å². The molecule has 1 aliphatic heterocycles. The Morgan fingerprint density at radius 3 is 2.53 bits per heavy atom. The van der Waals surface area contributed by atoms with Crippen LogP contribution in [0.25, 0.3) is 0 Å². The van der Waals surface area contributed by atoms with Crippen molar-refractivity contribution in [3.8, 4) is 0 Å². The minimum Gasteiger partial charge on any atom is -0.366 e. The molecule has 2 heterocycles. The van der Waals surface area contributed by atoms with Crippen molar-refractivity contribution >= 4 is 38.6 Å². The minimum atomic E-state index is -3.55. The quantitative estimate of drug-likeness (QED) is 0.492. The lowest BCUT2D eigenvalue weighted by Gasteiger charge is -2.33. The molecular formula is C19H24N4O5S2. The molecule has 1 aromatic heterocycles. The van der Waals surface area contributed by atoms with Crippen molar-refractivity contribution in [3.63, 3.8) is 0 Å². The molecule has 0 radical (unpaired) electrons. The predicted molar refractivity (Wildman–Crippen MR) is 116 cm³/mol. The number of carbonyl (C=O) groups excluding carboxylic acids is 1. The van der Waals surface area contributed by atoms with Gasteiger partial charge in [0, 0.05) is 36.8 Å². The van der Waals surface area contributed by atoms with Gasteiger partial charge in [-0.1, -0.05) is 6.07 Å². The molecule has 3 rings (SSSR count). The van der Waals surface area contributed by atoms with E-state index in [0.29, 0.717) is 31.6 Å². The molecule has 1 aromatic carbocycles. The Bertz CT molecular complexity index is 1010. The maximum absolute atomic E-state index is 12.4. The second kappa shape index (κ2) is 9.11. The van der Waals surface area contributed by atoms with Crippen LogP contribution in [0.1, 0.15) is 37.0 Å². The third kappa shape index (κ3) is 5.15. The maximum atomic E-state index is 12.4. The second-order valence-electron chi connectivity index (χ2n) is 7.40. The number of nitro groups is 1. The molecule has 1 aliphatic rings. The molecule has 2 aromatic rings. The van der Waals surface area contributed by atoms with Gasteiger partial charge in [-0.3, -0.25) is 14.9 Å². The number of sulfonamides is 1. The number of rotatable bonds is 7. The van der Waals surface area contributed by atoms with Crippen LogP contribution in [0.2, 0.25) is 0 Å². The van der Waals surface area contributed by atoms with Gasteiger partial charge in [0.25, 0.3) is 11.6 Å². The molecule has 2 N–H and O–H groups in total. The monoisotopic (exact) mass is 452 g/mol. The number of carbonyl (C=O) groups is 1. The maximum Gasteiger partial charge on any atom is 0.293 e. The zero-order valence-corrected chi connectivity index (χ0v) is 18.3. The molecule has 0 saturated carbocycles. The highest BCUT2D eigenvalue weighted by Crippen LogP contribution is 2.31. The summed E-state index contributed by atoms with van der Waals surface area (Å²) >= 11 is 1.16. The highest BCUT2D eigenvalue weighted by atomic mass is 32.2. The van der Waals surface area contributed by atoms with Crippen LogP contribution in [0, 0.1) is 10.1 Å². The number of nitro benzene ring substituents is 1. The lowest BCUT2D eigenvalue weighted by molar-refractivity contribution is -0.384. The van der Waals surface area contributed by atoms with Gasteiger partial charge in [0.05, 0.1) is 4.92 Å². The van der Waals surface area contributed by atoms with Crippen LogP contribution in [0.15, 0.2) is 39.9 Å². The minimum absolute atomic E-state index is 0.0757. The van der Waals surface area contributed by atoms with Crippen molar-refractivity contribution < 1.29 is 18.1 Å². The Labute approximate surface area is 179 Å². The van der Waals surface area contributed by atoms with Crippen molar-refractivity contribution in [1.82, 2.24) is 10.0 Å². The number of hydrogen-bond donors (Lipinski definition) is 2. The van der Waals surface area contributed by atoms with Crippen molar-refractivity contribution in [1.29, 1.82) is 0 Å². The highest BCUT2D eigenvalue weighted by Gasteiger charge is 2.28. The number of nitrogens with one attached hydrogen (secondary N) is 2. The topological polar surface area (TPSA) is 122 Å². The number of thiophene rings is 1. The summed E-state index contributed by atoms with van der Waals surface area (Å²) in [5, 5.41) is 16.0. The largest absolute Gasteiger partial charge is 0.366 e. The van der Waals surface area contributed by atoms with Gasteiger partial charge in [-0.05, 0) is 50.3 Å². The standard InChI is InChI=1S/C19H24N4O5S2/c1-13(2)20-19(24)14-5-6-16(17(12-14)23(25)26)22-9-7-15(8-10-22)21-30(27,28)18-4-3-11-29-18/h3-6,11-13,15,21H,7-10H2,1-2H3,(H,20,24). The van der Waals surface area contributed by atoms with Gasteiger partial charge in [0.15, 0.2) is 0 Å². The summed E-state index contributed by atoms with van der Waals surface area (Å²) in [6.07, 6.45) is 1.05. The molecule has 1 saturated heterocycles. The smallest absolute Gasteiger partial charge is 0.293 e. The van der Waals surface area contributed by atoms with Gasteiger partial charge in [-0.2, -0.15) is 0 Å². The van der Waals surface area contributed by atoms with Crippen LogP contribution in [-0.2, 0) is 10.0 Å². The van der Waals surface area contributed by atoms with Gasteiger partial charge in [-0.15, -0.1) is 11.3 Å². The van der Waals surface area contributed by atoms with Gasteiger partial charge in [-0.25, -0.2) is 13.1 Å². The molecule has 11 heteroatoms. The number of hydrogen-bond acceptors (Lipinski definition) is 7. The zero-order valence-electron chi connectivity index (χ0n) is 16.7.